The minimum absolute atomic E-state index is 0.289. The highest BCUT2D eigenvalue weighted by atomic mass is 16.5. The maximum atomic E-state index is 5.35. The van der Waals surface area contributed by atoms with Crippen LogP contribution >= 0.6 is 0 Å². The summed E-state index contributed by atoms with van der Waals surface area (Å²) in [7, 11) is 0. The van der Waals surface area contributed by atoms with Gasteiger partial charge in [0, 0.05) is 18.1 Å². The normalized spacial score (nSPS) is 18.9. The maximum absolute atomic E-state index is 5.35. The highest BCUT2D eigenvalue weighted by molar-refractivity contribution is 5.53. The van der Waals surface area contributed by atoms with Gasteiger partial charge in [0.15, 0.2) is 5.82 Å². The summed E-state index contributed by atoms with van der Waals surface area (Å²) in [6.45, 7) is 3.68. The van der Waals surface area contributed by atoms with Crippen LogP contribution < -0.4 is 0 Å². The summed E-state index contributed by atoms with van der Waals surface area (Å²) in [6, 6.07) is 8.35. The van der Waals surface area contributed by atoms with Crippen molar-refractivity contribution in [1.29, 1.82) is 0 Å². The lowest BCUT2D eigenvalue weighted by Crippen LogP contribution is -1.99. The van der Waals surface area contributed by atoms with Crippen LogP contribution in [-0.4, -0.2) is 23.4 Å². The zero-order chi connectivity index (χ0) is 13.1. The zero-order valence-corrected chi connectivity index (χ0v) is 11.1. The Morgan fingerprint density at radius 2 is 2.11 bits per heavy atom. The van der Waals surface area contributed by atoms with E-state index >= 15 is 0 Å². The summed E-state index contributed by atoms with van der Waals surface area (Å²) in [5.74, 6) is 1.66. The Morgan fingerprint density at radius 1 is 1.26 bits per heavy atom. The summed E-state index contributed by atoms with van der Waals surface area (Å²) in [5.41, 5.74) is 2.33. The first kappa shape index (κ1) is 12.4. The lowest BCUT2D eigenvalue weighted by molar-refractivity contribution is 0.192. The Morgan fingerprint density at radius 3 is 2.79 bits per heavy atom. The molecule has 0 bridgehead atoms. The van der Waals surface area contributed by atoms with Crippen molar-refractivity contribution in [2.75, 3.05) is 13.2 Å². The topological polar surface area (TPSA) is 48.2 Å². The molecular weight excluding hydrogens is 240 g/mol. The van der Waals surface area contributed by atoms with Crippen LogP contribution in [0.15, 0.2) is 28.8 Å². The van der Waals surface area contributed by atoms with E-state index in [4.69, 9.17) is 9.26 Å². The second-order valence-corrected chi connectivity index (χ2v) is 4.97. The number of hydrogen-bond acceptors (Lipinski definition) is 4. The molecular formula is C15H18N2O2. The van der Waals surface area contributed by atoms with Gasteiger partial charge in [0.25, 0.3) is 5.89 Å². The van der Waals surface area contributed by atoms with Gasteiger partial charge in [0.2, 0.25) is 0 Å². The smallest absolute Gasteiger partial charge is 0.257 e. The van der Waals surface area contributed by atoms with Gasteiger partial charge in [-0.05, 0) is 30.5 Å². The Hall–Kier alpha value is -1.68. The third-order valence-corrected chi connectivity index (χ3v) is 3.48. The molecule has 1 aromatic heterocycles. The number of aryl methyl sites for hydroxylation is 1. The van der Waals surface area contributed by atoms with Crippen molar-refractivity contribution >= 4 is 0 Å². The van der Waals surface area contributed by atoms with Gasteiger partial charge in [0.05, 0.1) is 6.61 Å². The molecule has 1 unspecified atom stereocenters. The molecule has 0 amide bonds. The largest absolute Gasteiger partial charge is 0.381 e. The maximum Gasteiger partial charge on any atom is 0.257 e. The fourth-order valence-corrected chi connectivity index (χ4v) is 2.36. The van der Waals surface area contributed by atoms with Gasteiger partial charge in [0.1, 0.15) is 0 Å². The second kappa shape index (κ2) is 5.53. The van der Waals surface area contributed by atoms with Crippen LogP contribution in [0.2, 0.25) is 0 Å². The minimum atomic E-state index is 0.289. The first-order chi connectivity index (χ1) is 9.36. The van der Waals surface area contributed by atoms with Crippen molar-refractivity contribution in [3.05, 3.63) is 35.7 Å². The zero-order valence-electron chi connectivity index (χ0n) is 11.1. The highest BCUT2D eigenvalue weighted by Crippen LogP contribution is 2.25. The Bertz CT molecular complexity index is 527. The number of aromatic nitrogens is 2. The van der Waals surface area contributed by atoms with Gasteiger partial charge < -0.3 is 9.26 Å². The van der Waals surface area contributed by atoms with Crippen LogP contribution in [-0.2, 0) is 11.2 Å². The first-order valence-electron chi connectivity index (χ1n) is 6.87. The van der Waals surface area contributed by atoms with Crippen molar-refractivity contribution in [3.63, 3.8) is 0 Å². The van der Waals surface area contributed by atoms with Gasteiger partial charge in [-0.25, -0.2) is 0 Å². The lowest BCUT2D eigenvalue weighted by atomic mass is 10.1. The van der Waals surface area contributed by atoms with E-state index in [0.717, 1.165) is 37.3 Å². The molecule has 0 radical (unpaired) electrons. The molecule has 1 aliphatic heterocycles. The SMILES string of the molecule is CCCc1ccc(-c2nc(C3CCOC3)no2)cc1. The number of nitrogens with zero attached hydrogens (tertiary/aromatic N) is 2. The predicted octanol–water partition coefficient (Wildman–Crippen LogP) is 3.19. The summed E-state index contributed by atoms with van der Waals surface area (Å²) in [4.78, 5) is 4.48. The molecule has 1 fully saturated rings. The third-order valence-electron chi connectivity index (χ3n) is 3.48. The van der Waals surface area contributed by atoms with Crippen LogP contribution in [0.3, 0.4) is 0 Å². The van der Waals surface area contributed by atoms with Gasteiger partial charge in [-0.15, -0.1) is 0 Å². The Labute approximate surface area is 112 Å². The molecule has 2 aromatic rings. The second-order valence-electron chi connectivity index (χ2n) is 4.97. The molecule has 4 heteroatoms. The summed E-state index contributed by atoms with van der Waals surface area (Å²) in [5, 5.41) is 4.07. The van der Waals surface area contributed by atoms with E-state index in [-0.39, 0.29) is 5.92 Å². The average Bonchev–Trinajstić information content (AvgIpc) is 3.11. The molecule has 19 heavy (non-hydrogen) atoms. The average molecular weight is 258 g/mol. The molecule has 4 nitrogen and oxygen atoms in total. The summed E-state index contributed by atoms with van der Waals surface area (Å²) < 4.78 is 10.7. The molecule has 0 spiro atoms. The molecule has 1 aromatic carbocycles. The first-order valence-corrected chi connectivity index (χ1v) is 6.87. The molecule has 1 saturated heterocycles. The molecule has 3 rings (SSSR count). The molecule has 0 N–H and O–H groups in total. The molecule has 0 aliphatic carbocycles. The number of ether oxygens (including phenoxy) is 1. The summed E-state index contributed by atoms with van der Waals surface area (Å²) in [6.07, 6.45) is 3.24. The van der Waals surface area contributed by atoms with Crippen LogP contribution in [0.1, 0.15) is 37.1 Å². The van der Waals surface area contributed by atoms with Crippen LogP contribution in [0, 0.1) is 0 Å². The molecule has 0 saturated carbocycles. The summed E-state index contributed by atoms with van der Waals surface area (Å²) >= 11 is 0. The molecule has 2 heterocycles. The van der Waals surface area contributed by atoms with E-state index in [0.29, 0.717) is 12.5 Å². The van der Waals surface area contributed by atoms with Crippen molar-refractivity contribution < 1.29 is 9.26 Å². The van der Waals surface area contributed by atoms with Crippen molar-refractivity contribution in [1.82, 2.24) is 10.1 Å². The highest BCUT2D eigenvalue weighted by Gasteiger charge is 2.23. The number of benzene rings is 1. The van der Waals surface area contributed by atoms with E-state index in [1.807, 2.05) is 12.1 Å². The number of hydrogen-bond donors (Lipinski definition) is 0. The van der Waals surface area contributed by atoms with Crippen LogP contribution in [0.4, 0.5) is 0 Å². The van der Waals surface area contributed by atoms with Gasteiger partial charge in [-0.1, -0.05) is 30.6 Å². The molecule has 1 aliphatic rings. The Balaban J connectivity index is 1.77. The Kier molecular flexibility index (Phi) is 3.60. The minimum Gasteiger partial charge on any atom is -0.381 e. The third kappa shape index (κ3) is 2.68. The van der Waals surface area contributed by atoms with E-state index < -0.39 is 0 Å². The quantitative estimate of drug-likeness (QED) is 0.845. The number of rotatable bonds is 4. The van der Waals surface area contributed by atoms with Crippen molar-refractivity contribution in [2.24, 2.45) is 0 Å². The van der Waals surface area contributed by atoms with Crippen LogP contribution in [0.5, 0.6) is 0 Å². The van der Waals surface area contributed by atoms with E-state index in [9.17, 15) is 0 Å². The van der Waals surface area contributed by atoms with Gasteiger partial charge >= 0.3 is 0 Å². The standard InChI is InChI=1S/C15H18N2O2/c1-2-3-11-4-6-12(7-5-11)15-16-14(17-19-15)13-8-9-18-10-13/h4-7,13H,2-3,8-10H2,1H3. The van der Waals surface area contributed by atoms with Crippen LogP contribution in [0.25, 0.3) is 11.5 Å². The van der Waals surface area contributed by atoms with E-state index in [2.05, 4.69) is 29.2 Å². The predicted molar refractivity (Wildman–Crippen MR) is 71.9 cm³/mol. The van der Waals surface area contributed by atoms with E-state index in [1.165, 1.54) is 5.56 Å². The van der Waals surface area contributed by atoms with Crippen molar-refractivity contribution in [3.8, 4) is 11.5 Å². The fraction of sp³-hybridized carbons (Fsp3) is 0.467. The van der Waals surface area contributed by atoms with Gasteiger partial charge in [-0.3, -0.25) is 0 Å². The van der Waals surface area contributed by atoms with Gasteiger partial charge in [-0.2, -0.15) is 4.98 Å². The monoisotopic (exact) mass is 258 g/mol. The fourth-order valence-electron chi connectivity index (χ4n) is 2.36. The molecule has 1 atom stereocenters. The van der Waals surface area contributed by atoms with Crippen molar-refractivity contribution in [2.45, 2.75) is 32.1 Å². The van der Waals surface area contributed by atoms with E-state index in [1.54, 1.807) is 0 Å². The lowest BCUT2D eigenvalue weighted by Gasteiger charge is -1.99. The molecule has 100 valence electrons.